The van der Waals surface area contributed by atoms with Gasteiger partial charge < -0.3 is 19.3 Å². The minimum atomic E-state index is -0.514. The molecular formula is C23H31N5O4. The third-order valence-electron chi connectivity index (χ3n) is 6.52. The quantitative estimate of drug-likeness (QED) is 0.647. The van der Waals surface area contributed by atoms with Gasteiger partial charge in [0.1, 0.15) is 0 Å². The molecule has 0 spiro atoms. The van der Waals surface area contributed by atoms with Crippen molar-refractivity contribution < 1.29 is 19.1 Å². The summed E-state index contributed by atoms with van der Waals surface area (Å²) in [5.41, 5.74) is 3.17. The molecule has 9 nitrogen and oxygen atoms in total. The van der Waals surface area contributed by atoms with Gasteiger partial charge in [-0.2, -0.15) is 0 Å². The highest BCUT2D eigenvalue weighted by atomic mass is 16.5. The Hall–Kier alpha value is -3.23. The smallest absolute Gasteiger partial charge is 0.328 e. The van der Waals surface area contributed by atoms with Crippen LogP contribution in [0.5, 0.6) is 11.5 Å². The Morgan fingerprint density at radius 3 is 2.38 bits per heavy atom. The van der Waals surface area contributed by atoms with Crippen molar-refractivity contribution in [2.24, 2.45) is 4.99 Å². The van der Waals surface area contributed by atoms with Crippen molar-refractivity contribution in [1.82, 2.24) is 19.6 Å². The van der Waals surface area contributed by atoms with Gasteiger partial charge in [-0.25, -0.2) is 9.79 Å². The number of guanidine groups is 1. The van der Waals surface area contributed by atoms with Gasteiger partial charge in [-0.15, -0.1) is 0 Å². The Morgan fingerprint density at radius 2 is 1.72 bits per heavy atom. The van der Waals surface area contributed by atoms with E-state index in [1.165, 1.54) is 4.90 Å². The minimum Gasteiger partial charge on any atom is -0.493 e. The summed E-state index contributed by atoms with van der Waals surface area (Å²) >= 11 is 0. The topological polar surface area (TPSA) is 77.9 Å². The van der Waals surface area contributed by atoms with Crippen molar-refractivity contribution in [3.63, 3.8) is 0 Å². The summed E-state index contributed by atoms with van der Waals surface area (Å²) in [6.45, 7) is 7.13. The van der Waals surface area contributed by atoms with Crippen molar-refractivity contribution in [3.8, 4) is 11.5 Å². The molecule has 1 aromatic carbocycles. The number of benzene rings is 1. The molecule has 3 aliphatic rings. The molecule has 172 valence electrons. The van der Waals surface area contributed by atoms with E-state index in [0.717, 1.165) is 35.8 Å². The van der Waals surface area contributed by atoms with E-state index in [1.807, 2.05) is 43.9 Å². The van der Waals surface area contributed by atoms with Crippen LogP contribution >= 0.6 is 0 Å². The van der Waals surface area contributed by atoms with E-state index in [-0.39, 0.29) is 11.9 Å². The summed E-state index contributed by atoms with van der Waals surface area (Å²) < 4.78 is 10.8. The molecule has 2 atom stereocenters. The van der Waals surface area contributed by atoms with Crippen LogP contribution in [0.1, 0.15) is 32.8 Å². The molecule has 1 fully saturated rings. The first kappa shape index (κ1) is 22.0. The van der Waals surface area contributed by atoms with Crippen LogP contribution in [0, 0.1) is 0 Å². The first-order chi connectivity index (χ1) is 15.3. The molecule has 3 amide bonds. The number of imide groups is 1. The Balaban J connectivity index is 1.58. The highest BCUT2D eigenvalue weighted by Gasteiger charge is 2.55. The lowest BCUT2D eigenvalue weighted by Gasteiger charge is -2.40. The fourth-order valence-electron chi connectivity index (χ4n) is 4.65. The van der Waals surface area contributed by atoms with Crippen LogP contribution in [0.3, 0.4) is 0 Å². The van der Waals surface area contributed by atoms with Gasteiger partial charge in [0.2, 0.25) is 5.96 Å². The summed E-state index contributed by atoms with van der Waals surface area (Å²) in [7, 11) is 4.97. The molecule has 3 heterocycles. The third-order valence-corrected chi connectivity index (χ3v) is 6.52. The van der Waals surface area contributed by atoms with E-state index in [0.29, 0.717) is 24.6 Å². The zero-order chi connectivity index (χ0) is 23.2. The summed E-state index contributed by atoms with van der Waals surface area (Å²) in [5.74, 6) is 1.96. The second-order valence-corrected chi connectivity index (χ2v) is 8.30. The fraction of sp³-hybridized carbons (Fsp3) is 0.522. The first-order valence-corrected chi connectivity index (χ1v) is 10.9. The van der Waals surface area contributed by atoms with Crippen LogP contribution < -0.4 is 9.47 Å². The zero-order valence-corrected chi connectivity index (χ0v) is 19.6. The number of hydrogen-bond acceptors (Lipinski definition) is 7. The van der Waals surface area contributed by atoms with E-state index in [9.17, 15) is 9.59 Å². The predicted molar refractivity (Wildman–Crippen MR) is 120 cm³/mol. The number of carbonyl (C=O) groups is 2. The third kappa shape index (κ3) is 3.27. The maximum absolute atomic E-state index is 13.3. The van der Waals surface area contributed by atoms with Gasteiger partial charge in [0.05, 0.1) is 14.2 Å². The first-order valence-electron chi connectivity index (χ1n) is 10.9. The average molecular weight is 442 g/mol. The monoisotopic (exact) mass is 441 g/mol. The number of hydrogen-bond donors (Lipinski definition) is 0. The van der Waals surface area contributed by atoms with Gasteiger partial charge in [-0.1, -0.05) is 13.0 Å². The Morgan fingerprint density at radius 1 is 1.00 bits per heavy atom. The number of ether oxygens (including phenoxy) is 2. The van der Waals surface area contributed by atoms with Gasteiger partial charge in [0.25, 0.3) is 5.91 Å². The fourth-order valence-corrected chi connectivity index (χ4v) is 4.65. The molecule has 3 aliphatic heterocycles. The molecule has 4 rings (SSSR count). The molecule has 2 unspecified atom stereocenters. The SMILES string of the molecule is CCCN1C(=O)C2C(N=C3N(CCc4ccc(OC)c(OC)c4)C(C)=C(C)N32)N(C)C1=O. The number of amides is 3. The van der Waals surface area contributed by atoms with Crippen LogP contribution in [0.15, 0.2) is 34.6 Å². The van der Waals surface area contributed by atoms with Crippen LogP contribution in [0.2, 0.25) is 0 Å². The van der Waals surface area contributed by atoms with Crippen molar-refractivity contribution in [2.75, 3.05) is 34.4 Å². The molecule has 0 N–H and O–H groups in total. The standard InChI is InChI=1S/C23H31N5O4/c1-7-11-27-21(29)19-20(25(4)23(27)30)24-22-26(14(2)15(3)28(19)22)12-10-16-8-9-17(31-5)18(13-16)32-6/h8-9,13,19-20H,7,10-12H2,1-6H3. The lowest BCUT2D eigenvalue weighted by atomic mass is 10.1. The number of nitrogens with zero attached hydrogens (tertiary/aromatic N) is 5. The van der Waals surface area contributed by atoms with Gasteiger partial charge in [0, 0.05) is 31.5 Å². The number of carbonyl (C=O) groups excluding carboxylic acids is 2. The summed E-state index contributed by atoms with van der Waals surface area (Å²) in [6.07, 6.45) is 0.976. The van der Waals surface area contributed by atoms with E-state index in [4.69, 9.17) is 14.5 Å². The molecule has 0 radical (unpaired) electrons. The van der Waals surface area contributed by atoms with Crippen molar-refractivity contribution in [2.45, 2.75) is 45.8 Å². The van der Waals surface area contributed by atoms with Crippen molar-refractivity contribution >= 4 is 17.9 Å². The lowest BCUT2D eigenvalue weighted by molar-refractivity contribution is -0.136. The zero-order valence-electron chi connectivity index (χ0n) is 19.6. The van der Waals surface area contributed by atoms with Crippen LogP contribution in [-0.2, 0) is 11.2 Å². The second kappa shape index (κ2) is 8.37. The lowest BCUT2D eigenvalue weighted by Crippen LogP contribution is -2.64. The molecule has 9 heteroatoms. The predicted octanol–water partition coefficient (Wildman–Crippen LogP) is 2.48. The van der Waals surface area contributed by atoms with E-state index in [2.05, 4.69) is 4.90 Å². The van der Waals surface area contributed by atoms with Crippen LogP contribution in [0.25, 0.3) is 0 Å². The molecule has 0 aromatic heterocycles. The van der Waals surface area contributed by atoms with Gasteiger partial charge >= 0.3 is 6.03 Å². The highest BCUT2D eigenvalue weighted by molar-refractivity contribution is 6.05. The van der Waals surface area contributed by atoms with Crippen LogP contribution in [-0.4, -0.2) is 84.1 Å². The molecule has 0 saturated carbocycles. The van der Waals surface area contributed by atoms with E-state index < -0.39 is 12.2 Å². The maximum atomic E-state index is 13.3. The molecule has 32 heavy (non-hydrogen) atoms. The number of allylic oxidation sites excluding steroid dienone is 2. The summed E-state index contributed by atoms with van der Waals surface area (Å²) in [5, 5.41) is 0. The Bertz CT molecular complexity index is 1000. The number of methoxy groups -OCH3 is 2. The molecular weight excluding hydrogens is 410 g/mol. The Labute approximate surface area is 188 Å². The number of aliphatic imine (C=N–C) groups is 1. The van der Waals surface area contributed by atoms with Crippen molar-refractivity contribution in [1.29, 1.82) is 0 Å². The molecule has 1 aromatic rings. The second-order valence-electron chi connectivity index (χ2n) is 8.30. The van der Waals surface area contributed by atoms with E-state index in [1.54, 1.807) is 26.2 Å². The Kier molecular flexibility index (Phi) is 5.75. The van der Waals surface area contributed by atoms with Gasteiger partial charge in [-0.05, 0) is 44.4 Å². The van der Waals surface area contributed by atoms with Gasteiger partial charge in [0.15, 0.2) is 23.7 Å². The van der Waals surface area contributed by atoms with Gasteiger partial charge in [-0.3, -0.25) is 14.6 Å². The summed E-state index contributed by atoms with van der Waals surface area (Å²) in [4.78, 5) is 37.9. The number of urea groups is 1. The normalized spacial score (nSPS) is 22.5. The van der Waals surface area contributed by atoms with E-state index >= 15 is 0 Å². The van der Waals surface area contributed by atoms with Crippen molar-refractivity contribution in [3.05, 3.63) is 35.2 Å². The number of rotatable bonds is 7. The largest absolute Gasteiger partial charge is 0.493 e. The maximum Gasteiger partial charge on any atom is 0.328 e. The average Bonchev–Trinajstić information content (AvgIpc) is 3.29. The molecule has 0 bridgehead atoms. The van der Waals surface area contributed by atoms with Crippen LogP contribution in [0.4, 0.5) is 4.79 Å². The highest BCUT2D eigenvalue weighted by Crippen LogP contribution is 2.38. The summed E-state index contributed by atoms with van der Waals surface area (Å²) in [6, 6.07) is 5.12. The molecule has 1 saturated heterocycles. The number of fused-ring (bicyclic) bond motifs is 3. The number of likely N-dealkylation sites (N-methyl/N-ethyl adjacent to an activating group) is 1. The molecule has 0 aliphatic carbocycles. The minimum absolute atomic E-state index is 0.174.